The van der Waals surface area contributed by atoms with Crippen LogP contribution in [0.15, 0.2) is 18.2 Å². The summed E-state index contributed by atoms with van der Waals surface area (Å²) in [5, 5.41) is 2.90. The third-order valence-corrected chi connectivity index (χ3v) is 4.23. The molecule has 1 saturated heterocycles. The Balaban J connectivity index is 2.02. The second-order valence-corrected chi connectivity index (χ2v) is 7.70. The van der Waals surface area contributed by atoms with Crippen LogP contribution in [-0.4, -0.2) is 35.2 Å². The number of carbonyl (C=O) groups is 1. The number of ether oxygens (including phenoxy) is 1. The molecule has 1 aliphatic heterocycles. The fourth-order valence-electron chi connectivity index (χ4n) is 3.16. The molecule has 2 unspecified atom stereocenters. The minimum absolute atomic E-state index is 0.000865. The molecule has 1 aromatic carbocycles. The Morgan fingerprint density at radius 1 is 1.32 bits per heavy atom. The lowest BCUT2D eigenvalue weighted by Gasteiger charge is -2.38. The molecule has 0 aliphatic carbocycles. The van der Waals surface area contributed by atoms with Crippen LogP contribution in [0, 0.1) is 11.6 Å². The lowest BCUT2D eigenvalue weighted by atomic mass is 9.96. The molecule has 1 amide bonds. The van der Waals surface area contributed by atoms with Gasteiger partial charge in [0.05, 0.1) is 0 Å². The Hall–Kier alpha value is -1.85. The van der Waals surface area contributed by atoms with Gasteiger partial charge in [0.25, 0.3) is 0 Å². The molecule has 0 spiro atoms. The molecule has 2 rings (SSSR count). The van der Waals surface area contributed by atoms with Gasteiger partial charge in [0.2, 0.25) is 0 Å². The topological polar surface area (TPSA) is 41.6 Å². The number of para-hydroxylation sites is 1. The van der Waals surface area contributed by atoms with Crippen LogP contribution >= 0.6 is 0 Å². The molecule has 1 aliphatic rings. The molecular formula is C19H28F2N2O2. The number of amides is 1. The van der Waals surface area contributed by atoms with Crippen LogP contribution in [0.25, 0.3) is 0 Å². The Morgan fingerprint density at radius 3 is 2.56 bits per heavy atom. The number of halogens is 2. The van der Waals surface area contributed by atoms with E-state index in [0.717, 1.165) is 19.3 Å². The number of benzene rings is 1. The average molecular weight is 354 g/mol. The van der Waals surface area contributed by atoms with Gasteiger partial charge in [-0.1, -0.05) is 6.07 Å². The highest BCUT2D eigenvalue weighted by molar-refractivity contribution is 5.68. The maximum absolute atomic E-state index is 13.8. The van der Waals surface area contributed by atoms with E-state index >= 15 is 0 Å². The lowest BCUT2D eigenvalue weighted by molar-refractivity contribution is 0.00851. The number of hydrogen-bond acceptors (Lipinski definition) is 3. The molecule has 6 heteroatoms. The van der Waals surface area contributed by atoms with Crippen molar-refractivity contribution in [3.05, 3.63) is 29.8 Å². The number of piperidine rings is 1. The number of hydrogen-bond donors (Lipinski definition) is 1. The first-order chi connectivity index (χ1) is 11.7. The number of carbonyl (C=O) groups excluding carboxylic acids is 1. The van der Waals surface area contributed by atoms with Crippen molar-refractivity contribution in [2.75, 3.05) is 11.9 Å². The molecule has 1 fully saturated rings. The van der Waals surface area contributed by atoms with E-state index in [4.69, 9.17) is 4.74 Å². The molecule has 0 bridgehead atoms. The summed E-state index contributed by atoms with van der Waals surface area (Å²) in [6, 6.07) is 3.61. The number of rotatable bonds is 4. The van der Waals surface area contributed by atoms with E-state index < -0.39 is 17.2 Å². The van der Waals surface area contributed by atoms with Crippen molar-refractivity contribution in [3.63, 3.8) is 0 Å². The standard InChI is InChI=1S/C19H28F2N2O2/c1-13(22-17-15(20)9-7-10-16(17)21)12-14-8-5-6-11-23(14)18(24)25-19(2,3)4/h7,9-10,13-14,22H,5-6,8,11-12H2,1-4H3. The van der Waals surface area contributed by atoms with Gasteiger partial charge in [-0.2, -0.15) is 0 Å². The molecule has 0 aromatic heterocycles. The SMILES string of the molecule is CC(CC1CCCCN1C(=O)OC(C)(C)C)Nc1c(F)cccc1F. The van der Waals surface area contributed by atoms with Crippen molar-refractivity contribution in [1.82, 2.24) is 4.90 Å². The lowest BCUT2D eigenvalue weighted by Crippen LogP contribution is -2.47. The molecule has 1 N–H and O–H groups in total. The molecule has 4 nitrogen and oxygen atoms in total. The van der Waals surface area contributed by atoms with E-state index in [-0.39, 0.29) is 23.9 Å². The van der Waals surface area contributed by atoms with Gasteiger partial charge in [-0.15, -0.1) is 0 Å². The van der Waals surface area contributed by atoms with E-state index in [9.17, 15) is 13.6 Å². The molecule has 25 heavy (non-hydrogen) atoms. The summed E-state index contributed by atoms with van der Waals surface area (Å²) in [6.07, 6.45) is 3.13. The van der Waals surface area contributed by atoms with Gasteiger partial charge < -0.3 is 15.0 Å². The molecule has 2 atom stereocenters. The van der Waals surface area contributed by atoms with Crippen molar-refractivity contribution in [2.24, 2.45) is 0 Å². The van der Waals surface area contributed by atoms with Gasteiger partial charge in [-0.3, -0.25) is 0 Å². The molecule has 1 heterocycles. The Bertz CT molecular complexity index is 581. The fourth-order valence-corrected chi connectivity index (χ4v) is 3.16. The first-order valence-corrected chi connectivity index (χ1v) is 8.87. The van der Waals surface area contributed by atoms with Crippen molar-refractivity contribution in [2.45, 2.75) is 71.1 Å². The predicted octanol–water partition coefficient (Wildman–Crippen LogP) is 4.94. The van der Waals surface area contributed by atoms with E-state index in [1.54, 1.807) is 4.90 Å². The highest BCUT2D eigenvalue weighted by atomic mass is 19.1. The summed E-state index contributed by atoms with van der Waals surface area (Å²) in [4.78, 5) is 14.2. The summed E-state index contributed by atoms with van der Waals surface area (Å²) >= 11 is 0. The zero-order valence-corrected chi connectivity index (χ0v) is 15.4. The second-order valence-electron chi connectivity index (χ2n) is 7.70. The van der Waals surface area contributed by atoms with Crippen molar-refractivity contribution < 1.29 is 18.3 Å². The summed E-state index contributed by atoms with van der Waals surface area (Å²) in [6.45, 7) is 8.05. The van der Waals surface area contributed by atoms with Gasteiger partial charge in [-0.05, 0) is 65.5 Å². The summed E-state index contributed by atoms with van der Waals surface area (Å²) in [5.74, 6) is -1.22. The van der Waals surface area contributed by atoms with E-state index in [2.05, 4.69) is 5.32 Å². The quantitative estimate of drug-likeness (QED) is 0.832. The second kappa shape index (κ2) is 8.02. The highest BCUT2D eigenvalue weighted by Gasteiger charge is 2.31. The van der Waals surface area contributed by atoms with Crippen LogP contribution in [0.1, 0.15) is 53.4 Å². The predicted molar refractivity (Wildman–Crippen MR) is 94.6 cm³/mol. The van der Waals surface area contributed by atoms with Gasteiger partial charge >= 0.3 is 6.09 Å². The Labute approximate surface area is 148 Å². The van der Waals surface area contributed by atoms with Gasteiger partial charge in [0, 0.05) is 18.6 Å². The van der Waals surface area contributed by atoms with Crippen LogP contribution < -0.4 is 5.32 Å². The van der Waals surface area contributed by atoms with E-state index in [1.807, 2.05) is 27.7 Å². The zero-order chi connectivity index (χ0) is 18.6. The van der Waals surface area contributed by atoms with Crippen LogP contribution in [-0.2, 0) is 4.74 Å². The summed E-state index contributed by atoms with van der Waals surface area (Å²) in [7, 11) is 0. The summed E-state index contributed by atoms with van der Waals surface area (Å²) < 4.78 is 33.1. The van der Waals surface area contributed by atoms with Crippen LogP contribution in [0.4, 0.5) is 19.3 Å². The first kappa shape index (κ1) is 19.5. The van der Waals surface area contributed by atoms with Gasteiger partial charge in [0.1, 0.15) is 22.9 Å². The average Bonchev–Trinajstić information content (AvgIpc) is 2.50. The van der Waals surface area contributed by atoms with Crippen LogP contribution in [0.5, 0.6) is 0 Å². The Kier molecular flexibility index (Phi) is 6.25. The highest BCUT2D eigenvalue weighted by Crippen LogP contribution is 2.26. The minimum atomic E-state index is -0.612. The number of nitrogens with zero attached hydrogens (tertiary/aromatic N) is 1. The monoisotopic (exact) mass is 354 g/mol. The number of nitrogens with one attached hydrogen (secondary N) is 1. The first-order valence-electron chi connectivity index (χ1n) is 8.87. The molecule has 1 aromatic rings. The summed E-state index contributed by atoms with van der Waals surface area (Å²) in [5.41, 5.74) is -0.659. The number of anilines is 1. The van der Waals surface area contributed by atoms with E-state index in [1.165, 1.54) is 18.2 Å². The van der Waals surface area contributed by atoms with E-state index in [0.29, 0.717) is 13.0 Å². The molecule has 140 valence electrons. The maximum atomic E-state index is 13.8. The van der Waals surface area contributed by atoms with Crippen LogP contribution in [0.2, 0.25) is 0 Å². The van der Waals surface area contributed by atoms with Crippen molar-refractivity contribution in [3.8, 4) is 0 Å². The van der Waals surface area contributed by atoms with Gasteiger partial charge in [0.15, 0.2) is 0 Å². The van der Waals surface area contributed by atoms with Crippen molar-refractivity contribution in [1.29, 1.82) is 0 Å². The minimum Gasteiger partial charge on any atom is -0.444 e. The molecular weight excluding hydrogens is 326 g/mol. The third kappa shape index (κ3) is 5.58. The third-order valence-electron chi connectivity index (χ3n) is 4.23. The fraction of sp³-hybridized carbons (Fsp3) is 0.632. The molecule has 0 saturated carbocycles. The normalized spacial score (nSPS) is 19.4. The zero-order valence-electron chi connectivity index (χ0n) is 15.4. The maximum Gasteiger partial charge on any atom is 0.410 e. The van der Waals surface area contributed by atoms with Crippen LogP contribution in [0.3, 0.4) is 0 Å². The largest absolute Gasteiger partial charge is 0.444 e. The smallest absolute Gasteiger partial charge is 0.410 e. The van der Waals surface area contributed by atoms with Gasteiger partial charge in [-0.25, -0.2) is 13.6 Å². The number of likely N-dealkylation sites (tertiary alicyclic amines) is 1. The Morgan fingerprint density at radius 2 is 1.96 bits per heavy atom. The molecule has 0 radical (unpaired) electrons. The van der Waals surface area contributed by atoms with Crippen molar-refractivity contribution >= 4 is 11.8 Å².